The van der Waals surface area contributed by atoms with Crippen LogP contribution in [0.4, 0.5) is 0 Å². The first-order valence-corrected chi connectivity index (χ1v) is 5.21. The highest BCUT2D eigenvalue weighted by molar-refractivity contribution is 5.50. The van der Waals surface area contributed by atoms with E-state index in [1.165, 1.54) is 0 Å². The van der Waals surface area contributed by atoms with Gasteiger partial charge in [0.05, 0.1) is 0 Å². The topological polar surface area (TPSA) is 37.3 Å². The third kappa shape index (κ3) is 2.82. The summed E-state index contributed by atoms with van der Waals surface area (Å²) in [5.74, 6) is 0.326. The summed E-state index contributed by atoms with van der Waals surface area (Å²) in [6.07, 6.45) is 2.30. The number of phenolic OH excluding ortho intramolecular Hbond substituents is 1. The van der Waals surface area contributed by atoms with Crippen LogP contribution in [0.1, 0.15) is 37.8 Å². The molecule has 0 amide bonds. The molecule has 0 aliphatic rings. The molecule has 0 aliphatic carbocycles. The molecule has 2 heteroatoms. The molecule has 0 radical (unpaired) electrons. The van der Waals surface area contributed by atoms with Crippen molar-refractivity contribution < 1.29 is 9.90 Å². The Labute approximate surface area is 90.9 Å². The molecule has 1 rings (SSSR count). The molecule has 2 nitrogen and oxygen atoms in total. The Bertz CT molecular complexity index is 354. The number of hydrogen-bond donors (Lipinski definition) is 1. The first-order valence-electron chi connectivity index (χ1n) is 5.21. The Hall–Kier alpha value is -1.31. The van der Waals surface area contributed by atoms with Crippen molar-refractivity contribution in [2.24, 2.45) is 0 Å². The molecule has 0 heterocycles. The van der Waals surface area contributed by atoms with E-state index in [4.69, 9.17) is 0 Å². The van der Waals surface area contributed by atoms with Crippen molar-refractivity contribution in [2.75, 3.05) is 0 Å². The van der Waals surface area contributed by atoms with E-state index >= 15 is 0 Å². The molecular weight excluding hydrogens is 188 g/mol. The summed E-state index contributed by atoms with van der Waals surface area (Å²) in [7, 11) is 0. The van der Waals surface area contributed by atoms with E-state index in [-0.39, 0.29) is 5.41 Å². The van der Waals surface area contributed by atoms with Crippen LogP contribution < -0.4 is 0 Å². The van der Waals surface area contributed by atoms with Crippen LogP contribution in [0, 0.1) is 6.92 Å². The number of carbonyl (C=O) groups excluding carboxylic acids is 1. The molecule has 0 saturated heterocycles. The quantitative estimate of drug-likeness (QED) is 0.769. The van der Waals surface area contributed by atoms with Gasteiger partial charge in [0.1, 0.15) is 12.0 Å². The summed E-state index contributed by atoms with van der Waals surface area (Å²) in [5, 5.41) is 9.62. The van der Waals surface area contributed by atoms with E-state index in [1.54, 1.807) is 6.07 Å². The van der Waals surface area contributed by atoms with Crippen molar-refractivity contribution in [1.29, 1.82) is 0 Å². The zero-order valence-electron chi connectivity index (χ0n) is 9.58. The molecule has 82 valence electrons. The first kappa shape index (κ1) is 11.8. The predicted molar refractivity (Wildman–Crippen MR) is 61.2 cm³/mol. The summed E-state index contributed by atoms with van der Waals surface area (Å²) < 4.78 is 0. The minimum atomic E-state index is -0.0634. The molecule has 0 atom stereocenters. The number of aldehydes is 1. The predicted octanol–water partition coefficient (Wildman–Crippen LogP) is 2.96. The van der Waals surface area contributed by atoms with Crippen LogP contribution in [0.2, 0.25) is 0 Å². The number of aryl methyl sites for hydroxylation is 1. The summed E-state index contributed by atoms with van der Waals surface area (Å²) in [5.41, 5.74) is 1.89. The Morgan fingerprint density at radius 1 is 1.40 bits per heavy atom. The highest BCUT2D eigenvalue weighted by atomic mass is 16.3. The highest BCUT2D eigenvalue weighted by Crippen LogP contribution is 2.31. The molecule has 0 aromatic heterocycles. The van der Waals surface area contributed by atoms with Crippen molar-refractivity contribution in [1.82, 2.24) is 0 Å². The lowest BCUT2D eigenvalue weighted by Crippen LogP contribution is -2.17. The van der Waals surface area contributed by atoms with Gasteiger partial charge in [-0.15, -0.1) is 0 Å². The van der Waals surface area contributed by atoms with Crippen LogP contribution in [0.5, 0.6) is 5.75 Å². The molecule has 1 N–H and O–H groups in total. The monoisotopic (exact) mass is 206 g/mol. The second kappa shape index (κ2) is 4.47. The fourth-order valence-electron chi connectivity index (χ4n) is 1.59. The Balaban J connectivity index is 2.93. The van der Waals surface area contributed by atoms with E-state index in [0.29, 0.717) is 12.2 Å². The third-order valence-corrected chi connectivity index (χ3v) is 2.88. The summed E-state index contributed by atoms with van der Waals surface area (Å²) >= 11 is 0. The van der Waals surface area contributed by atoms with Crippen molar-refractivity contribution >= 4 is 6.29 Å². The van der Waals surface area contributed by atoms with Crippen LogP contribution in [0.15, 0.2) is 18.2 Å². The molecule has 0 saturated carbocycles. The lowest BCUT2D eigenvalue weighted by Gasteiger charge is -2.24. The average molecular weight is 206 g/mol. The molecular formula is C13H18O2. The lowest BCUT2D eigenvalue weighted by molar-refractivity contribution is -0.108. The molecule has 0 spiro atoms. The van der Waals surface area contributed by atoms with Crippen molar-refractivity contribution in [3.05, 3.63) is 29.3 Å². The maximum atomic E-state index is 10.4. The Morgan fingerprint density at radius 2 is 2.07 bits per heavy atom. The molecule has 0 aliphatic heterocycles. The van der Waals surface area contributed by atoms with Crippen LogP contribution in [-0.2, 0) is 10.2 Å². The SMILES string of the molecule is Cc1ccc(C(C)(C)CCC=O)cc1O. The van der Waals surface area contributed by atoms with Gasteiger partial charge in [0.2, 0.25) is 0 Å². The zero-order chi connectivity index (χ0) is 11.5. The minimum absolute atomic E-state index is 0.0634. The van der Waals surface area contributed by atoms with Gasteiger partial charge in [-0.05, 0) is 36.0 Å². The van der Waals surface area contributed by atoms with Gasteiger partial charge in [-0.2, -0.15) is 0 Å². The van der Waals surface area contributed by atoms with Crippen molar-refractivity contribution in [3.63, 3.8) is 0 Å². The van der Waals surface area contributed by atoms with Gasteiger partial charge in [-0.3, -0.25) is 0 Å². The summed E-state index contributed by atoms with van der Waals surface area (Å²) in [4.78, 5) is 10.4. The maximum absolute atomic E-state index is 10.4. The fourth-order valence-corrected chi connectivity index (χ4v) is 1.59. The molecule has 1 aromatic rings. The number of hydrogen-bond acceptors (Lipinski definition) is 2. The van der Waals surface area contributed by atoms with Gasteiger partial charge in [-0.25, -0.2) is 0 Å². The van der Waals surface area contributed by atoms with Gasteiger partial charge < -0.3 is 9.90 Å². The number of carbonyl (C=O) groups is 1. The number of benzene rings is 1. The smallest absolute Gasteiger partial charge is 0.120 e. The van der Waals surface area contributed by atoms with Crippen molar-refractivity contribution in [3.8, 4) is 5.75 Å². The van der Waals surface area contributed by atoms with E-state index < -0.39 is 0 Å². The number of aromatic hydroxyl groups is 1. The van der Waals surface area contributed by atoms with Crippen LogP contribution in [0.3, 0.4) is 0 Å². The van der Waals surface area contributed by atoms with E-state index in [2.05, 4.69) is 13.8 Å². The zero-order valence-corrected chi connectivity index (χ0v) is 9.58. The number of rotatable bonds is 4. The van der Waals surface area contributed by atoms with Crippen LogP contribution in [-0.4, -0.2) is 11.4 Å². The normalized spacial score (nSPS) is 11.4. The van der Waals surface area contributed by atoms with Crippen LogP contribution >= 0.6 is 0 Å². The second-order valence-electron chi connectivity index (χ2n) is 4.59. The van der Waals surface area contributed by atoms with Crippen LogP contribution in [0.25, 0.3) is 0 Å². The standard InChI is InChI=1S/C13H18O2/c1-10-5-6-11(9-12(10)15)13(2,3)7-4-8-14/h5-6,8-9,15H,4,7H2,1-3H3. The molecule has 0 fully saturated rings. The lowest BCUT2D eigenvalue weighted by atomic mass is 9.80. The highest BCUT2D eigenvalue weighted by Gasteiger charge is 2.20. The largest absolute Gasteiger partial charge is 0.508 e. The Morgan fingerprint density at radius 3 is 2.60 bits per heavy atom. The molecule has 0 bridgehead atoms. The van der Waals surface area contributed by atoms with Gasteiger partial charge in [-0.1, -0.05) is 26.0 Å². The minimum Gasteiger partial charge on any atom is -0.508 e. The first-order chi connectivity index (χ1) is 6.97. The van der Waals surface area contributed by atoms with Gasteiger partial charge >= 0.3 is 0 Å². The maximum Gasteiger partial charge on any atom is 0.120 e. The third-order valence-electron chi connectivity index (χ3n) is 2.88. The molecule has 15 heavy (non-hydrogen) atoms. The van der Waals surface area contributed by atoms with E-state index in [0.717, 1.165) is 23.8 Å². The molecule has 0 unspecified atom stereocenters. The average Bonchev–Trinajstić information content (AvgIpc) is 2.19. The fraction of sp³-hybridized carbons (Fsp3) is 0.462. The van der Waals surface area contributed by atoms with E-state index in [9.17, 15) is 9.90 Å². The summed E-state index contributed by atoms with van der Waals surface area (Å²) in [6, 6.07) is 5.72. The molecule has 1 aromatic carbocycles. The van der Waals surface area contributed by atoms with Gasteiger partial charge in [0, 0.05) is 6.42 Å². The van der Waals surface area contributed by atoms with Gasteiger partial charge in [0.25, 0.3) is 0 Å². The summed E-state index contributed by atoms with van der Waals surface area (Å²) in [6.45, 7) is 6.04. The number of phenols is 1. The van der Waals surface area contributed by atoms with Crippen molar-refractivity contribution in [2.45, 2.75) is 39.0 Å². The Kier molecular flexibility index (Phi) is 3.51. The van der Waals surface area contributed by atoms with Gasteiger partial charge in [0.15, 0.2) is 0 Å². The van der Waals surface area contributed by atoms with E-state index in [1.807, 2.05) is 19.1 Å². The second-order valence-corrected chi connectivity index (χ2v) is 4.59.